The molecule has 1 aromatic heterocycles. The highest BCUT2D eigenvalue weighted by molar-refractivity contribution is 7.99. The van der Waals surface area contributed by atoms with Crippen LogP contribution in [0.3, 0.4) is 0 Å². The molecule has 1 heterocycles. The maximum atomic E-state index is 4.26. The minimum atomic E-state index is 1.02. The summed E-state index contributed by atoms with van der Waals surface area (Å²) >= 11 is 1.68. The molecule has 0 atom stereocenters. The first-order valence-electron chi connectivity index (χ1n) is 6.88. The van der Waals surface area contributed by atoms with Gasteiger partial charge < -0.3 is 4.57 Å². The van der Waals surface area contributed by atoms with Gasteiger partial charge in [-0.1, -0.05) is 65.4 Å². The van der Waals surface area contributed by atoms with Crippen molar-refractivity contribution in [3.63, 3.8) is 0 Å². The molecule has 0 bridgehead atoms. The molecule has 0 saturated heterocycles. The molecule has 2 aromatic carbocycles. The van der Waals surface area contributed by atoms with E-state index in [9.17, 15) is 0 Å². The van der Waals surface area contributed by atoms with Gasteiger partial charge in [-0.3, -0.25) is 0 Å². The molecule has 0 spiro atoms. The fraction of sp³-hybridized carbons (Fsp3) is 0.167. The Bertz CT molecular complexity index is 657. The number of hydrogen-bond acceptors (Lipinski definition) is 2. The Hall–Kier alpha value is -2.00. The summed E-state index contributed by atoms with van der Waals surface area (Å²) in [5, 5.41) is 1.02. The summed E-state index contributed by atoms with van der Waals surface area (Å²) in [7, 11) is 2.00. The van der Waals surface area contributed by atoms with Crippen LogP contribution >= 0.6 is 11.8 Å². The number of imidazole rings is 1. The van der Waals surface area contributed by atoms with Crippen molar-refractivity contribution in [1.82, 2.24) is 9.55 Å². The predicted octanol–water partition coefficient (Wildman–Crippen LogP) is 4.87. The average Bonchev–Trinajstić information content (AvgIpc) is 2.88. The molecule has 2 nitrogen and oxygen atoms in total. The van der Waals surface area contributed by atoms with Gasteiger partial charge in [-0.25, -0.2) is 4.98 Å². The van der Waals surface area contributed by atoms with Crippen molar-refractivity contribution >= 4 is 11.8 Å². The normalized spacial score (nSPS) is 9.86. The van der Waals surface area contributed by atoms with Crippen LogP contribution in [0.15, 0.2) is 77.0 Å². The van der Waals surface area contributed by atoms with Crippen molar-refractivity contribution in [3.05, 3.63) is 78.1 Å². The van der Waals surface area contributed by atoms with Gasteiger partial charge in [-0.05, 0) is 26.0 Å². The van der Waals surface area contributed by atoms with E-state index >= 15 is 0 Å². The van der Waals surface area contributed by atoms with Crippen LogP contribution in [-0.4, -0.2) is 9.55 Å². The van der Waals surface area contributed by atoms with E-state index in [0.717, 1.165) is 5.16 Å². The summed E-state index contributed by atoms with van der Waals surface area (Å²) in [6.45, 7) is 4.18. The van der Waals surface area contributed by atoms with E-state index in [1.807, 2.05) is 42.2 Å². The Kier molecular flexibility index (Phi) is 5.64. The van der Waals surface area contributed by atoms with Crippen LogP contribution in [0.4, 0.5) is 0 Å². The van der Waals surface area contributed by atoms with Gasteiger partial charge in [0.05, 0.1) is 0 Å². The van der Waals surface area contributed by atoms with E-state index in [2.05, 4.69) is 55.2 Å². The van der Waals surface area contributed by atoms with E-state index in [-0.39, 0.29) is 0 Å². The van der Waals surface area contributed by atoms with Crippen LogP contribution in [0, 0.1) is 13.8 Å². The molecular weight excluding hydrogens is 276 g/mol. The molecule has 0 aliphatic heterocycles. The SMILES string of the molecule is Cc1ccc(Sc2nccn2C)cc1.Cc1ccccc1. The maximum Gasteiger partial charge on any atom is 0.172 e. The Morgan fingerprint density at radius 3 is 1.95 bits per heavy atom. The smallest absolute Gasteiger partial charge is 0.172 e. The van der Waals surface area contributed by atoms with Gasteiger partial charge in [0, 0.05) is 24.3 Å². The Morgan fingerprint density at radius 1 is 0.857 bits per heavy atom. The number of aromatic nitrogens is 2. The van der Waals surface area contributed by atoms with Crippen LogP contribution in [0.1, 0.15) is 11.1 Å². The predicted molar refractivity (Wildman–Crippen MR) is 89.7 cm³/mol. The molecule has 3 aromatic rings. The Morgan fingerprint density at radius 2 is 1.48 bits per heavy atom. The van der Waals surface area contributed by atoms with Crippen molar-refractivity contribution in [2.24, 2.45) is 7.05 Å². The third kappa shape index (κ3) is 5.12. The van der Waals surface area contributed by atoms with Crippen molar-refractivity contribution in [2.75, 3.05) is 0 Å². The lowest BCUT2D eigenvalue weighted by molar-refractivity contribution is 0.790. The summed E-state index contributed by atoms with van der Waals surface area (Å²) in [5.74, 6) is 0. The number of benzene rings is 2. The van der Waals surface area contributed by atoms with Crippen molar-refractivity contribution in [2.45, 2.75) is 23.9 Å². The van der Waals surface area contributed by atoms with Crippen LogP contribution in [-0.2, 0) is 7.05 Å². The molecule has 0 amide bonds. The zero-order chi connectivity index (χ0) is 15.1. The summed E-state index contributed by atoms with van der Waals surface area (Å²) in [6, 6.07) is 18.7. The first-order chi connectivity index (χ1) is 10.1. The minimum absolute atomic E-state index is 1.02. The van der Waals surface area contributed by atoms with E-state index < -0.39 is 0 Å². The summed E-state index contributed by atoms with van der Waals surface area (Å²) in [4.78, 5) is 5.49. The third-order valence-electron chi connectivity index (χ3n) is 2.95. The van der Waals surface area contributed by atoms with Gasteiger partial charge in [0.25, 0.3) is 0 Å². The Balaban J connectivity index is 0.000000194. The first kappa shape index (κ1) is 15.4. The third-order valence-corrected chi connectivity index (χ3v) is 4.03. The largest absolute Gasteiger partial charge is 0.329 e. The lowest BCUT2D eigenvalue weighted by Gasteiger charge is -2.01. The second-order valence-electron chi connectivity index (χ2n) is 4.89. The quantitative estimate of drug-likeness (QED) is 0.671. The molecule has 0 aliphatic carbocycles. The molecule has 21 heavy (non-hydrogen) atoms. The van der Waals surface area contributed by atoms with Crippen molar-refractivity contribution in [1.29, 1.82) is 0 Å². The fourth-order valence-electron chi connectivity index (χ4n) is 1.70. The molecule has 0 N–H and O–H groups in total. The highest BCUT2D eigenvalue weighted by Gasteiger charge is 2.01. The summed E-state index contributed by atoms with van der Waals surface area (Å²) in [5.41, 5.74) is 2.61. The first-order valence-corrected chi connectivity index (χ1v) is 7.70. The average molecular weight is 296 g/mol. The highest BCUT2D eigenvalue weighted by atomic mass is 32.2. The lowest BCUT2D eigenvalue weighted by atomic mass is 10.2. The van der Waals surface area contributed by atoms with Gasteiger partial charge >= 0.3 is 0 Å². The standard InChI is InChI=1S/C11H12N2S.C7H8/c1-9-3-5-10(6-4-9)14-11-12-7-8-13(11)2;1-7-5-3-2-4-6-7/h3-8H,1-2H3;2-6H,1H3. The van der Waals surface area contributed by atoms with Gasteiger partial charge in [0.2, 0.25) is 0 Å². The van der Waals surface area contributed by atoms with Crippen molar-refractivity contribution < 1.29 is 0 Å². The molecule has 0 radical (unpaired) electrons. The number of hydrogen-bond donors (Lipinski definition) is 0. The van der Waals surface area contributed by atoms with E-state index in [1.165, 1.54) is 16.0 Å². The van der Waals surface area contributed by atoms with E-state index in [1.54, 1.807) is 11.8 Å². The number of rotatable bonds is 2. The van der Waals surface area contributed by atoms with Gasteiger partial charge in [-0.15, -0.1) is 0 Å². The van der Waals surface area contributed by atoms with Crippen LogP contribution in [0.2, 0.25) is 0 Å². The summed E-state index contributed by atoms with van der Waals surface area (Å²) < 4.78 is 2.02. The number of nitrogens with zero attached hydrogens (tertiary/aromatic N) is 2. The van der Waals surface area contributed by atoms with Crippen LogP contribution < -0.4 is 0 Å². The highest BCUT2D eigenvalue weighted by Crippen LogP contribution is 2.25. The molecule has 0 saturated carbocycles. The second kappa shape index (κ2) is 7.70. The molecule has 0 unspecified atom stereocenters. The zero-order valence-corrected chi connectivity index (χ0v) is 13.5. The number of aryl methyl sites for hydroxylation is 3. The molecule has 0 aliphatic rings. The van der Waals surface area contributed by atoms with Crippen LogP contribution in [0.5, 0.6) is 0 Å². The molecule has 0 fully saturated rings. The topological polar surface area (TPSA) is 17.8 Å². The lowest BCUT2D eigenvalue weighted by Crippen LogP contribution is -1.87. The molecule has 3 heteroatoms. The van der Waals surface area contributed by atoms with Gasteiger partial charge in [0.15, 0.2) is 5.16 Å². The van der Waals surface area contributed by atoms with E-state index in [0.29, 0.717) is 0 Å². The van der Waals surface area contributed by atoms with Crippen LogP contribution in [0.25, 0.3) is 0 Å². The second-order valence-corrected chi connectivity index (χ2v) is 5.93. The maximum absolute atomic E-state index is 4.26. The fourth-order valence-corrected chi connectivity index (χ4v) is 2.50. The van der Waals surface area contributed by atoms with Gasteiger partial charge in [-0.2, -0.15) is 0 Å². The monoisotopic (exact) mass is 296 g/mol. The Labute approximate surface area is 130 Å². The van der Waals surface area contributed by atoms with E-state index in [4.69, 9.17) is 0 Å². The van der Waals surface area contributed by atoms with Crippen molar-refractivity contribution in [3.8, 4) is 0 Å². The zero-order valence-electron chi connectivity index (χ0n) is 12.7. The molecular formula is C18H20N2S. The summed E-state index contributed by atoms with van der Waals surface area (Å²) in [6.07, 6.45) is 3.77. The molecule has 108 valence electrons. The molecule has 3 rings (SSSR count). The van der Waals surface area contributed by atoms with Gasteiger partial charge in [0.1, 0.15) is 0 Å². The minimum Gasteiger partial charge on any atom is -0.329 e.